The first-order valence-electron chi connectivity index (χ1n) is 13.6. The van der Waals surface area contributed by atoms with Gasteiger partial charge in [0.25, 0.3) is 17.5 Å². The number of ether oxygens (including phenoxy) is 1. The number of fused-ring (bicyclic) bond motifs is 9. The summed E-state index contributed by atoms with van der Waals surface area (Å²) in [6, 6.07) is 39.1. The van der Waals surface area contributed by atoms with Crippen molar-refractivity contribution in [2.24, 2.45) is 0 Å². The van der Waals surface area contributed by atoms with Crippen molar-refractivity contribution in [1.82, 2.24) is 9.13 Å². The Morgan fingerprint density at radius 3 is 2.17 bits per heavy atom. The lowest BCUT2D eigenvalue weighted by atomic mass is 9.96. The van der Waals surface area contributed by atoms with Crippen LogP contribution in [-0.4, -0.2) is 9.13 Å². The van der Waals surface area contributed by atoms with Gasteiger partial charge in [0.1, 0.15) is 23.4 Å². The molecule has 0 fully saturated rings. The average Bonchev–Trinajstić information content (AvgIpc) is 3.53. The minimum atomic E-state index is -0.760. The van der Waals surface area contributed by atoms with Crippen LogP contribution in [0.3, 0.4) is 0 Å². The molecule has 40 heavy (non-hydrogen) atoms. The van der Waals surface area contributed by atoms with Crippen molar-refractivity contribution in [3.05, 3.63) is 127 Å². The van der Waals surface area contributed by atoms with E-state index >= 15 is 0 Å². The Morgan fingerprint density at radius 1 is 0.550 bits per heavy atom. The monoisotopic (exact) mass is 514 g/mol. The van der Waals surface area contributed by atoms with Gasteiger partial charge in [0.05, 0.1) is 5.39 Å². The lowest BCUT2D eigenvalue weighted by Gasteiger charge is -2.38. The SMILES string of the molecule is c1cc[n+]2c(c1)-n1c3ccccc3c3ccc4c(c31)C21[n+]2c(cccc2-n2c3ccccc3c3ccc[n+]1c32)O4. The van der Waals surface area contributed by atoms with Crippen LogP contribution in [-0.2, 0) is 5.79 Å². The second-order valence-corrected chi connectivity index (χ2v) is 10.9. The molecule has 3 aliphatic heterocycles. The molecule has 1 unspecified atom stereocenters. The van der Waals surface area contributed by atoms with Gasteiger partial charge in [0, 0.05) is 34.4 Å². The van der Waals surface area contributed by atoms with E-state index in [0.29, 0.717) is 0 Å². The topological polar surface area (TPSA) is 30.7 Å². The van der Waals surface area contributed by atoms with Gasteiger partial charge < -0.3 is 4.74 Å². The largest absolute Gasteiger partial charge is 0.442 e. The van der Waals surface area contributed by atoms with E-state index in [1.54, 1.807) is 0 Å². The molecule has 0 saturated carbocycles. The van der Waals surface area contributed by atoms with Gasteiger partial charge in [0.15, 0.2) is 16.8 Å². The number of pyridine rings is 3. The number of para-hydroxylation sites is 2. The number of hydrogen-bond donors (Lipinski definition) is 0. The molecule has 8 heterocycles. The number of rotatable bonds is 0. The van der Waals surface area contributed by atoms with Crippen molar-refractivity contribution < 1.29 is 18.4 Å². The van der Waals surface area contributed by atoms with Crippen LogP contribution in [0.25, 0.3) is 55.4 Å². The van der Waals surface area contributed by atoms with Crippen LogP contribution in [0.5, 0.6) is 11.6 Å². The fourth-order valence-corrected chi connectivity index (χ4v) is 7.84. The number of aromatic nitrogens is 5. The van der Waals surface area contributed by atoms with Gasteiger partial charge in [-0.15, -0.1) is 13.7 Å². The van der Waals surface area contributed by atoms with Gasteiger partial charge in [-0.3, -0.25) is 0 Å². The van der Waals surface area contributed by atoms with E-state index < -0.39 is 5.79 Å². The van der Waals surface area contributed by atoms with E-state index in [1.807, 2.05) is 0 Å². The fraction of sp³-hybridized carbons (Fsp3) is 0.0294. The fourth-order valence-electron chi connectivity index (χ4n) is 7.84. The lowest BCUT2D eigenvalue weighted by molar-refractivity contribution is -1.16. The summed E-state index contributed by atoms with van der Waals surface area (Å²) in [5, 5.41) is 4.94. The number of benzene rings is 3. The van der Waals surface area contributed by atoms with Crippen LogP contribution in [0.1, 0.15) is 5.56 Å². The maximum Gasteiger partial charge on any atom is 0.442 e. The Kier molecular flexibility index (Phi) is 3.04. The van der Waals surface area contributed by atoms with Gasteiger partial charge >= 0.3 is 11.4 Å². The van der Waals surface area contributed by atoms with Crippen LogP contribution in [0.15, 0.2) is 122 Å². The molecule has 6 nitrogen and oxygen atoms in total. The zero-order valence-corrected chi connectivity index (χ0v) is 21.2. The van der Waals surface area contributed by atoms with Gasteiger partial charge in [-0.25, -0.2) is 0 Å². The molecule has 1 spiro atoms. The molecule has 0 radical (unpaired) electrons. The first-order valence-corrected chi connectivity index (χ1v) is 13.6. The molecule has 0 bridgehead atoms. The van der Waals surface area contributed by atoms with Crippen LogP contribution in [0.2, 0.25) is 0 Å². The maximum absolute atomic E-state index is 6.81. The van der Waals surface area contributed by atoms with Gasteiger partial charge in [-0.05, 0) is 60.7 Å². The first-order chi connectivity index (χ1) is 19.9. The standard InChI is InChI=1S/C34H20N5O/c1-3-12-25-21(9-1)23-17-18-27-31-32(23)37(25)28-14-5-6-19-35(28)34(31)36-20-8-11-24-22-10-2-4-13-26(22)38(33(24)36)29-15-7-16-30(40-27)39(29)34/h1-20H/q+3. The highest BCUT2D eigenvalue weighted by Crippen LogP contribution is 2.48. The molecule has 5 aromatic heterocycles. The van der Waals surface area contributed by atoms with Gasteiger partial charge in [0.2, 0.25) is 0 Å². The summed E-state index contributed by atoms with van der Waals surface area (Å²) in [6.45, 7) is 0. The first kappa shape index (κ1) is 19.6. The predicted octanol–water partition coefficient (Wildman–Crippen LogP) is 5.23. The minimum Gasteiger partial charge on any atom is -0.422 e. The van der Waals surface area contributed by atoms with Crippen LogP contribution in [0.4, 0.5) is 0 Å². The molecule has 0 amide bonds. The summed E-state index contributed by atoms with van der Waals surface area (Å²) < 4.78 is 18.9. The van der Waals surface area contributed by atoms with Crippen molar-refractivity contribution in [2.75, 3.05) is 0 Å². The highest BCUT2D eigenvalue weighted by Gasteiger charge is 2.67. The summed E-state index contributed by atoms with van der Waals surface area (Å²) in [4.78, 5) is 0. The lowest BCUT2D eigenvalue weighted by Crippen LogP contribution is -2.91. The Labute approximate surface area is 227 Å². The van der Waals surface area contributed by atoms with Crippen molar-refractivity contribution in [2.45, 2.75) is 5.79 Å². The van der Waals surface area contributed by atoms with Crippen LogP contribution >= 0.6 is 0 Å². The predicted molar refractivity (Wildman–Crippen MR) is 150 cm³/mol. The molecule has 6 heteroatoms. The van der Waals surface area contributed by atoms with Crippen molar-refractivity contribution in [3.8, 4) is 23.3 Å². The second kappa shape index (κ2) is 6.21. The molecule has 3 aromatic carbocycles. The smallest absolute Gasteiger partial charge is 0.422 e. The minimum absolute atomic E-state index is 0.760. The molecule has 1 atom stereocenters. The highest BCUT2D eigenvalue weighted by molar-refractivity contribution is 6.11. The summed E-state index contributed by atoms with van der Waals surface area (Å²) >= 11 is 0. The summed E-state index contributed by atoms with van der Waals surface area (Å²) in [5.74, 6) is 3.12. The molecule has 184 valence electrons. The Balaban J connectivity index is 1.50. The molecule has 0 saturated heterocycles. The Hall–Kier alpha value is -5.49. The Bertz CT molecular complexity index is 2490. The number of hydrogen-bond acceptors (Lipinski definition) is 1. The maximum atomic E-state index is 6.81. The van der Waals surface area contributed by atoms with Gasteiger partial charge in [-0.2, -0.15) is 9.13 Å². The molecular weight excluding hydrogens is 494 g/mol. The molecule has 11 rings (SSSR count). The Morgan fingerprint density at radius 2 is 1.27 bits per heavy atom. The third kappa shape index (κ3) is 1.84. The van der Waals surface area contributed by atoms with E-state index in [0.717, 1.165) is 34.5 Å². The highest BCUT2D eigenvalue weighted by atomic mass is 16.5. The summed E-state index contributed by atoms with van der Waals surface area (Å²) in [7, 11) is 0. The molecule has 0 N–H and O–H groups in total. The van der Waals surface area contributed by atoms with E-state index in [9.17, 15) is 0 Å². The molecule has 3 aliphatic rings. The van der Waals surface area contributed by atoms with Gasteiger partial charge in [-0.1, -0.05) is 30.3 Å². The number of nitrogens with zero attached hydrogens (tertiary/aromatic N) is 5. The quantitative estimate of drug-likeness (QED) is 0.255. The summed E-state index contributed by atoms with van der Waals surface area (Å²) in [6.07, 6.45) is 4.46. The van der Waals surface area contributed by atoms with E-state index in [2.05, 4.69) is 144 Å². The molecular formula is C34H20N5O+3. The van der Waals surface area contributed by atoms with Crippen LogP contribution in [0, 0.1) is 0 Å². The normalized spacial score (nSPS) is 17.3. The van der Waals surface area contributed by atoms with E-state index in [-0.39, 0.29) is 0 Å². The zero-order valence-electron chi connectivity index (χ0n) is 21.2. The van der Waals surface area contributed by atoms with E-state index in [4.69, 9.17) is 4.74 Å². The molecule has 0 aliphatic carbocycles. The van der Waals surface area contributed by atoms with E-state index in [1.165, 1.54) is 38.1 Å². The average molecular weight is 515 g/mol. The van der Waals surface area contributed by atoms with Crippen LogP contribution < -0.4 is 18.4 Å². The van der Waals surface area contributed by atoms with Crippen molar-refractivity contribution in [3.63, 3.8) is 0 Å². The zero-order chi connectivity index (χ0) is 25.7. The van der Waals surface area contributed by atoms with Crippen molar-refractivity contribution >= 4 is 43.7 Å². The summed E-state index contributed by atoms with van der Waals surface area (Å²) in [5.41, 5.74) is 5.87. The molecule has 8 aromatic rings. The third-order valence-corrected chi connectivity index (χ3v) is 9.18. The second-order valence-electron chi connectivity index (χ2n) is 10.9. The third-order valence-electron chi connectivity index (χ3n) is 9.18. The van der Waals surface area contributed by atoms with Crippen molar-refractivity contribution in [1.29, 1.82) is 0 Å².